The maximum Gasteiger partial charge on any atom is 0.256 e. The summed E-state index contributed by atoms with van der Waals surface area (Å²) in [5, 5.41) is 0. The van der Waals surface area contributed by atoms with Crippen LogP contribution in [0, 0.1) is 5.82 Å². The Bertz CT molecular complexity index is 423. The summed E-state index contributed by atoms with van der Waals surface area (Å²) < 4.78 is 18.9. The summed E-state index contributed by atoms with van der Waals surface area (Å²) in [6.07, 6.45) is 0.117. The lowest BCUT2D eigenvalue weighted by atomic mass is 10.2. The number of likely N-dealkylation sites (N-methyl/N-ethyl adjacent to an activating group) is 1. The van der Waals surface area contributed by atoms with Crippen LogP contribution in [0.1, 0.15) is 24.2 Å². The number of halogens is 1. The number of thiol groups is 1. The molecule has 100 valence electrons. The number of amides is 1. The van der Waals surface area contributed by atoms with Crippen LogP contribution in [0.25, 0.3) is 0 Å². The molecule has 0 aromatic heterocycles. The summed E-state index contributed by atoms with van der Waals surface area (Å²) in [6, 6.07) is 4.19. The van der Waals surface area contributed by atoms with E-state index in [1.54, 1.807) is 7.05 Å². The van der Waals surface area contributed by atoms with Crippen molar-refractivity contribution in [1.29, 1.82) is 0 Å². The zero-order chi connectivity index (χ0) is 13.7. The van der Waals surface area contributed by atoms with Gasteiger partial charge in [0.15, 0.2) is 0 Å². The molecular formula is C13H18FNO2S. The van der Waals surface area contributed by atoms with E-state index >= 15 is 0 Å². The van der Waals surface area contributed by atoms with E-state index in [1.807, 2.05) is 13.8 Å². The van der Waals surface area contributed by atoms with Crippen LogP contribution in [0.5, 0.6) is 0 Å². The van der Waals surface area contributed by atoms with Gasteiger partial charge in [0.25, 0.3) is 5.91 Å². The van der Waals surface area contributed by atoms with Crippen molar-refractivity contribution in [1.82, 2.24) is 4.90 Å². The first-order valence-corrected chi connectivity index (χ1v) is 6.22. The standard InChI is InChI=1S/C13H18FNO2S/c1-9(2)17-7-6-15(3)13(16)11-8-10(18)4-5-12(11)14/h4-5,8-9,18H,6-7H2,1-3H3. The fraction of sp³-hybridized carbons (Fsp3) is 0.462. The van der Waals surface area contributed by atoms with Gasteiger partial charge in [-0.05, 0) is 32.0 Å². The largest absolute Gasteiger partial charge is 0.377 e. The molecule has 0 fully saturated rings. The Hall–Kier alpha value is -1.07. The van der Waals surface area contributed by atoms with Crippen LogP contribution in [0.4, 0.5) is 4.39 Å². The van der Waals surface area contributed by atoms with Crippen molar-refractivity contribution in [3.63, 3.8) is 0 Å². The Kier molecular flexibility index (Phi) is 5.62. The van der Waals surface area contributed by atoms with E-state index in [0.29, 0.717) is 18.0 Å². The van der Waals surface area contributed by atoms with Crippen LogP contribution in [-0.4, -0.2) is 37.1 Å². The minimum absolute atomic E-state index is 0.0366. The molecule has 1 rings (SSSR count). The smallest absolute Gasteiger partial charge is 0.256 e. The second kappa shape index (κ2) is 6.75. The van der Waals surface area contributed by atoms with E-state index in [-0.39, 0.29) is 17.6 Å². The molecular weight excluding hydrogens is 253 g/mol. The van der Waals surface area contributed by atoms with E-state index in [0.717, 1.165) is 0 Å². The third kappa shape index (κ3) is 4.31. The van der Waals surface area contributed by atoms with Crippen molar-refractivity contribution in [2.24, 2.45) is 0 Å². The molecule has 0 unspecified atom stereocenters. The Labute approximate surface area is 112 Å². The van der Waals surface area contributed by atoms with Gasteiger partial charge in [0, 0.05) is 18.5 Å². The van der Waals surface area contributed by atoms with Crippen molar-refractivity contribution in [2.45, 2.75) is 24.8 Å². The number of carbonyl (C=O) groups is 1. The molecule has 5 heteroatoms. The topological polar surface area (TPSA) is 29.5 Å². The molecule has 0 saturated carbocycles. The zero-order valence-corrected chi connectivity index (χ0v) is 11.7. The molecule has 18 heavy (non-hydrogen) atoms. The van der Waals surface area contributed by atoms with Crippen molar-refractivity contribution >= 4 is 18.5 Å². The average Bonchev–Trinajstić information content (AvgIpc) is 2.30. The van der Waals surface area contributed by atoms with Crippen molar-refractivity contribution in [2.75, 3.05) is 20.2 Å². The minimum Gasteiger partial charge on any atom is -0.377 e. The molecule has 0 saturated heterocycles. The SMILES string of the molecule is CC(C)OCCN(C)C(=O)c1cc(S)ccc1F. The fourth-order valence-corrected chi connectivity index (χ4v) is 1.61. The highest BCUT2D eigenvalue weighted by molar-refractivity contribution is 7.80. The van der Waals surface area contributed by atoms with Gasteiger partial charge >= 0.3 is 0 Å². The van der Waals surface area contributed by atoms with Crippen LogP contribution >= 0.6 is 12.6 Å². The highest BCUT2D eigenvalue weighted by atomic mass is 32.1. The van der Waals surface area contributed by atoms with Gasteiger partial charge in [-0.15, -0.1) is 12.6 Å². The quantitative estimate of drug-likeness (QED) is 0.834. The third-order valence-corrected chi connectivity index (χ3v) is 2.68. The highest BCUT2D eigenvalue weighted by Crippen LogP contribution is 2.15. The second-order valence-electron chi connectivity index (χ2n) is 4.31. The molecule has 1 aromatic carbocycles. The first-order valence-electron chi connectivity index (χ1n) is 5.77. The molecule has 0 N–H and O–H groups in total. The van der Waals surface area contributed by atoms with Crippen molar-refractivity contribution in [3.05, 3.63) is 29.6 Å². The number of hydrogen-bond donors (Lipinski definition) is 1. The van der Waals surface area contributed by atoms with Crippen molar-refractivity contribution in [3.8, 4) is 0 Å². The first kappa shape index (κ1) is 15.0. The molecule has 0 atom stereocenters. The number of hydrogen-bond acceptors (Lipinski definition) is 3. The van der Waals surface area contributed by atoms with E-state index in [1.165, 1.54) is 23.1 Å². The second-order valence-corrected chi connectivity index (χ2v) is 4.83. The van der Waals surface area contributed by atoms with Gasteiger partial charge in [-0.1, -0.05) is 0 Å². The number of nitrogens with zero attached hydrogens (tertiary/aromatic N) is 1. The molecule has 0 aliphatic rings. The number of rotatable bonds is 5. The van der Waals surface area contributed by atoms with E-state index < -0.39 is 5.82 Å². The Morgan fingerprint density at radius 1 is 1.50 bits per heavy atom. The number of benzene rings is 1. The van der Waals surface area contributed by atoms with Crippen LogP contribution < -0.4 is 0 Å². The molecule has 0 heterocycles. The monoisotopic (exact) mass is 271 g/mol. The summed E-state index contributed by atoms with van der Waals surface area (Å²) in [5.41, 5.74) is 0.0366. The fourth-order valence-electron chi connectivity index (χ4n) is 1.41. The van der Waals surface area contributed by atoms with Gasteiger partial charge in [0.2, 0.25) is 0 Å². The van der Waals surface area contributed by atoms with Crippen LogP contribution in [0.15, 0.2) is 23.1 Å². The Morgan fingerprint density at radius 3 is 2.78 bits per heavy atom. The van der Waals surface area contributed by atoms with E-state index in [2.05, 4.69) is 12.6 Å². The lowest BCUT2D eigenvalue weighted by Gasteiger charge is -2.18. The predicted molar refractivity (Wildman–Crippen MR) is 71.7 cm³/mol. The molecule has 1 aromatic rings. The van der Waals surface area contributed by atoms with Gasteiger partial charge in [-0.2, -0.15) is 0 Å². The molecule has 0 aliphatic heterocycles. The molecule has 0 bridgehead atoms. The molecule has 1 amide bonds. The third-order valence-electron chi connectivity index (χ3n) is 2.40. The molecule has 0 spiro atoms. The number of carbonyl (C=O) groups excluding carboxylic acids is 1. The highest BCUT2D eigenvalue weighted by Gasteiger charge is 2.16. The van der Waals surface area contributed by atoms with E-state index in [9.17, 15) is 9.18 Å². The normalized spacial score (nSPS) is 10.8. The summed E-state index contributed by atoms with van der Waals surface area (Å²) in [4.78, 5) is 14.0. The molecule has 3 nitrogen and oxygen atoms in total. The maximum absolute atomic E-state index is 13.5. The first-order chi connectivity index (χ1) is 8.41. The lowest BCUT2D eigenvalue weighted by Crippen LogP contribution is -2.31. The predicted octanol–water partition coefficient (Wildman–Crippen LogP) is 2.61. The maximum atomic E-state index is 13.5. The van der Waals surface area contributed by atoms with E-state index in [4.69, 9.17) is 4.74 Å². The summed E-state index contributed by atoms with van der Waals surface area (Å²) in [7, 11) is 1.62. The Morgan fingerprint density at radius 2 is 2.17 bits per heavy atom. The zero-order valence-electron chi connectivity index (χ0n) is 10.8. The van der Waals surface area contributed by atoms with Crippen LogP contribution in [0.2, 0.25) is 0 Å². The van der Waals surface area contributed by atoms with Gasteiger partial charge in [0.1, 0.15) is 5.82 Å². The Balaban J connectivity index is 2.65. The average molecular weight is 271 g/mol. The van der Waals surface area contributed by atoms with Gasteiger partial charge in [-0.3, -0.25) is 4.79 Å². The summed E-state index contributed by atoms with van der Waals surface area (Å²) in [6.45, 7) is 4.70. The van der Waals surface area contributed by atoms with Crippen LogP contribution in [0.3, 0.4) is 0 Å². The number of ether oxygens (including phenoxy) is 1. The molecule has 0 aliphatic carbocycles. The minimum atomic E-state index is -0.533. The summed E-state index contributed by atoms with van der Waals surface area (Å²) >= 11 is 4.10. The summed E-state index contributed by atoms with van der Waals surface area (Å²) in [5.74, 6) is -0.898. The molecule has 0 radical (unpaired) electrons. The van der Waals surface area contributed by atoms with Gasteiger partial charge in [-0.25, -0.2) is 4.39 Å². The lowest BCUT2D eigenvalue weighted by molar-refractivity contribution is 0.0529. The van der Waals surface area contributed by atoms with Gasteiger partial charge in [0.05, 0.1) is 18.3 Å². The van der Waals surface area contributed by atoms with Crippen LogP contribution in [-0.2, 0) is 4.74 Å². The van der Waals surface area contributed by atoms with Crippen molar-refractivity contribution < 1.29 is 13.9 Å². The van der Waals surface area contributed by atoms with Gasteiger partial charge < -0.3 is 9.64 Å².